The van der Waals surface area contributed by atoms with E-state index in [2.05, 4.69) is 30.7 Å². The number of aryl methyl sites for hydroxylation is 1. The number of carbonyl (C=O) groups is 1. The molecule has 1 saturated heterocycles. The highest BCUT2D eigenvalue weighted by molar-refractivity contribution is 5.74. The highest BCUT2D eigenvalue weighted by atomic mass is 16.5. The smallest absolute Gasteiger partial charge is 0.317 e. The van der Waals surface area contributed by atoms with Crippen molar-refractivity contribution in [3.8, 4) is 0 Å². The lowest BCUT2D eigenvalue weighted by molar-refractivity contribution is 0.128. The molecule has 0 aromatic carbocycles. The summed E-state index contributed by atoms with van der Waals surface area (Å²) in [6.45, 7) is 6.80. The summed E-state index contributed by atoms with van der Waals surface area (Å²) in [6.07, 6.45) is 3.35. The first-order valence-electron chi connectivity index (χ1n) is 8.39. The number of rotatable bonds is 6. The van der Waals surface area contributed by atoms with Gasteiger partial charge < -0.3 is 20.1 Å². The molecule has 1 aliphatic heterocycles. The van der Waals surface area contributed by atoms with Crippen LogP contribution in [0.25, 0.3) is 0 Å². The van der Waals surface area contributed by atoms with Gasteiger partial charge in [-0.3, -0.25) is 4.90 Å². The van der Waals surface area contributed by atoms with Crippen LogP contribution in [0.5, 0.6) is 0 Å². The third kappa shape index (κ3) is 5.15. The molecule has 0 saturated carbocycles. The number of anilines is 1. The van der Waals surface area contributed by atoms with Gasteiger partial charge in [0.05, 0.1) is 12.2 Å². The summed E-state index contributed by atoms with van der Waals surface area (Å²) < 4.78 is 5.24. The van der Waals surface area contributed by atoms with Gasteiger partial charge in [-0.1, -0.05) is 5.16 Å². The van der Waals surface area contributed by atoms with Crippen LogP contribution < -0.4 is 10.6 Å². The lowest BCUT2D eigenvalue weighted by atomic mass is 10.3. The van der Waals surface area contributed by atoms with Gasteiger partial charge >= 0.3 is 6.03 Å². The van der Waals surface area contributed by atoms with Gasteiger partial charge in [0.15, 0.2) is 5.76 Å². The third-order valence-corrected chi connectivity index (χ3v) is 3.97. The van der Waals surface area contributed by atoms with E-state index in [1.165, 1.54) is 0 Å². The van der Waals surface area contributed by atoms with E-state index in [1.807, 2.05) is 17.9 Å². The predicted octanol–water partition coefficient (Wildman–Crippen LogP) is 0.712. The van der Waals surface area contributed by atoms with Crippen LogP contribution in [0.2, 0.25) is 0 Å². The molecule has 3 rings (SSSR count). The molecule has 2 aromatic heterocycles. The molecule has 2 aromatic rings. The SMILES string of the molecule is Cc1cc(CN2CCN(C(=O)NCCNc3ncccn3)CC2)on1. The predicted molar refractivity (Wildman–Crippen MR) is 92.0 cm³/mol. The largest absolute Gasteiger partial charge is 0.360 e. The van der Waals surface area contributed by atoms with Crippen molar-refractivity contribution in [2.75, 3.05) is 44.6 Å². The summed E-state index contributed by atoms with van der Waals surface area (Å²) in [4.78, 5) is 24.4. The van der Waals surface area contributed by atoms with Gasteiger partial charge in [-0.25, -0.2) is 14.8 Å². The maximum atomic E-state index is 12.2. The molecule has 0 spiro atoms. The monoisotopic (exact) mass is 345 g/mol. The molecule has 0 bridgehead atoms. The van der Waals surface area contributed by atoms with Crippen molar-refractivity contribution in [1.29, 1.82) is 0 Å². The number of carbonyl (C=O) groups excluding carboxylic acids is 1. The number of nitrogens with one attached hydrogen (secondary N) is 2. The van der Waals surface area contributed by atoms with E-state index in [4.69, 9.17) is 4.52 Å². The summed E-state index contributed by atoms with van der Waals surface area (Å²) in [6, 6.07) is 3.67. The van der Waals surface area contributed by atoms with Gasteiger partial charge in [0.25, 0.3) is 0 Å². The Labute approximate surface area is 146 Å². The second-order valence-electron chi connectivity index (χ2n) is 5.93. The molecular formula is C16H23N7O2. The van der Waals surface area contributed by atoms with E-state index in [9.17, 15) is 4.79 Å². The Hall–Kier alpha value is -2.68. The fourth-order valence-electron chi connectivity index (χ4n) is 2.67. The highest BCUT2D eigenvalue weighted by Gasteiger charge is 2.21. The molecular weight excluding hydrogens is 322 g/mol. The molecule has 2 N–H and O–H groups in total. The minimum atomic E-state index is -0.0362. The Morgan fingerprint density at radius 1 is 1.20 bits per heavy atom. The van der Waals surface area contributed by atoms with Crippen molar-refractivity contribution in [3.05, 3.63) is 36.0 Å². The van der Waals surface area contributed by atoms with Crippen molar-refractivity contribution < 1.29 is 9.32 Å². The van der Waals surface area contributed by atoms with Crippen LogP contribution in [-0.4, -0.2) is 70.2 Å². The van der Waals surface area contributed by atoms with Crippen molar-refractivity contribution in [2.45, 2.75) is 13.5 Å². The second-order valence-corrected chi connectivity index (χ2v) is 5.93. The van der Waals surface area contributed by atoms with Crippen LogP contribution in [0, 0.1) is 6.92 Å². The standard InChI is InChI=1S/C16H23N7O2/c1-13-11-14(25-21-13)12-22-7-9-23(10-8-22)16(24)20-6-5-19-15-17-3-2-4-18-15/h2-4,11H,5-10,12H2,1H3,(H,20,24)(H,17,18,19). The van der Waals surface area contributed by atoms with Crippen LogP contribution in [0.15, 0.2) is 29.0 Å². The topological polar surface area (TPSA) is 99.4 Å². The second kappa shape index (κ2) is 8.43. The van der Waals surface area contributed by atoms with E-state index in [0.29, 0.717) is 32.1 Å². The van der Waals surface area contributed by atoms with E-state index in [-0.39, 0.29) is 6.03 Å². The molecule has 1 fully saturated rings. The van der Waals surface area contributed by atoms with Crippen molar-refractivity contribution in [3.63, 3.8) is 0 Å². The first-order chi connectivity index (χ1) is 12.2. The highest BCUT2D eigenvalue weighted by Crippen LogP contribution is 2.09. The average molecular weight is 345 g/mol. The maximum absolute atomic E-state index is 12.2. The average Bonchev–Trinajstić information content (AvgIpc) is 3.05. The Kier molecular flexibility index (Phi) is 5.78. The number of nitrogens with zero attached hydrogens (tertiary/aromatic N) is 5. The third-order valence-electron chi connectivity index (χ3n) is 3.97. The number of urea groups is 1. The molecule has 25 heavy (non-hydrogen) atoms. The quantitative estimate of drug-likeness (QED) is 0.744. The first-order valence-corrected chi connectivity index (χ1v) is 8.39. The van der Waals surface area contributed by atoms with Gasteiger partial charge in [0, 0.05) is 57.7 Å². The van der Waals surface area contributed by atoms with Crippen LogP contribution in [0.1, 0.15) is 11.5 Å². The zero-order valence-corrected chi connectivity index (χ0v) is 14.3. The minimum absolute atomic E-state index is 0.0362. The number of hydrogen-bond acceptors (Lipinski definition) is 7. The Bertz CT molecular complexity index is 668. The Morgan fingerprint density at radius 2 is 1.96 bits per heavy atom. The molecule has 9 heteroatoms. The maximum Gasteiger partial charge on any atom is 0.317 e. The zero-order valence-electron chi connectivity index (χ0n) is 14.3. The molecule has 134 valence electrons. The van der Waals surface area contributed by atoms with Crippen molar-refractivity contribution in [1.82, 2.24) is 30.2 Å². The zero-order chi connectivity index (χ0) is 17.5. The number of hydrogen-bond donors (Lipinski definition) is 2. The Morgan fingerprint density at radius 3 is 2.64 bits per heavy atom. The van der Waals surface area contributed by atoms with Crippen molar-refractivity contribution >= 4 is 12.0 Å². The summed E-state index contributed by atoms with van der Waals surface area (Å²) >= 11 is 0. The molecule has 2 amide bonds. The number of piperazine rings is 1. The molecule has 3 heterocycles. The van der Waals surface area contributed by atoms with Gasteiger partial charge in [0.2, 0.25) is 5.95 Å². The van der Waals surface area contributed by atoms with Crippen LogP contribution >= 0.6 is 0 Å². The summed E-state index contributed by atoms with van der Waals surface area (Å²) in [5.41, 5.74) is 0.891. The van der Waals surface area contributed by atoms with Crippen LogP contribution in [0.3, 0.4) is 0 Å². The van der Waals surface area contributed by atoms with Gasteiger partial charge in [-0.15, -0.1) is 0 Å². The lowest BCUT2D eigenvalue weighted by Gasteiger charge is -2.34. The fourth-order valence-corrected chi connectivity index (χ4v) is 2.67. The van der Waals surface area contributed by atoms with Crippen LogP contribution in [0.4, 0.5) is 10.7 Å². The van der Waals surface area contributed by atoms with E-state index in [0.717, 1.165) is 31.1 Å². The normalized spacial score (nSPS) is 15.2. The van der Waals surface area contributed by atoms with Gasteiger partial charge in [0.1, 0.15) is 0 Å². The summed E-state index contributed by atoms with van der Waals surface area (Å²) in [7, 11) is 0. The van der Waals surface area contributed by atoms with E-state index in [1.54, 1.807) is 18.5 Å². The summed E-state index contributed by atoms with van der Waals surface area (Å²) in [5.74, 6) is 1.43. The minimum Gasteiger partial charge on any atom is -0.360 e. The molecule has 0 atom stereocenters. The first kappa shape index (κ1) is 17.2. The van der Waals surface area contributed by atoms with E-state index < -0.39 is 0 Å². The van der Waals surface area contributed by atoms with Gasteiger partial charge in [-0.05, 0) is 13.0 Å². The summed E-state index contributed by atoms with van der Waals surface area (Å²) in [5, 5.41) is 9.87. The molecule has 0 aliphatic carbocycles. The van der Waals surface area contributed by atoms with E-state index >= 15 is 0 Å². The number of amides is 2. The van der Waals surface area contributed by atoms with Crippen molar-refractivity contribution in [2.24, 2.45) is 0 Å². The lowest BCUT2D eigenvalue weighted by Crippen LogP contribution is -2.51. The molecule has 0 radical (unpaired) electrons. The van der Waals surface area contributed by atoms with Crippen LogP contribution in [-0.2, 0) is 6.54 Å². The Balaban J connectivity index is 1.32. The van der Waals surface area contributed by atoms with Gasteiger partial charge in [-0.2, -0.15) is 0 Å². The molecule has 9 nitrogen and oxygen atoms in total. The number of aromatic nitrogens is 3. The molecule has 1 aliphatic rings. The fraction of sp³-hybridized carbons (Fsp3) is 0.500. The molecule has 0 unspecified atom stereocenters.